The number of hydrogen-bond acceptors (Lipinski definition) is 5. The molecule has 0 bridgehead atoms. The van der Waals surface area contributed by atoms with Crippen LogP contribution in [0.3, 0.4) is 0 Å². The fourth-order valence-electron chi connectivity index (χ4n) is 2.74. The van der Waals surface area contributed by atoms with Crippen molar-refractivity contribution in [1.29, 1.82) is 0 Å². The second-order valence-electron chi connectivity index (χ2n) is 6.38. The van der Waals surface area contributed by atoms with E-state index in [-0.39, 0.29) is 5.88 Å². The number of aryl methyl sites for hydroxylation is 1. The van der Waals surface area contributed by atoms with Gasteiger partial charge in [0.05, 0.1) is 0 Å². The molecule has 2 aromatic heterocycles. The molecule has 4 aromatic rings. The number of urea groups is 1. The molecule has 10 heteroatoms. The third-order valence-electron chi connectivity index (χ3n) is 4.23. The van der Waals surface area contributed by atoms with Gasteiger partial charge >= 0.3 is 6.03 Å². The van der Waals surface area contributed by atoms with E-state index >= 15 is 0 Å². The zero-order valence-electron chi connectivity index (χ0n) is 16.2. The van der Waals surface area contributed by atoms with E-state index < -0.39 is 23.4 Å². The minimum atomic E-state index is -0.866. The molecule has 0 saturated heterocycles. The van der Waals surface area contributed by atoms with Crippen LogP contribution in [0.4, 0.5) is 25.0 Å². The molecule has 0 spiro atoms. The maximum Gasteiger partial charge on any atom is 0.323 e. The second-order valence-corrected chi connectivity index (χ2v) is 6.38. The number of para-hydroxylation sites is 1. The number of amides is 2. The minimum Gasteiger partial charge on any atom is -0.438 e. The Morgan fingerprint density at radius 2 is 1.71 bits per heavy atom. The molecule has 0 radical (unpaired) electrons. The van der Waals surface area contributed by atoms with Crippen LogP contribution in [-0.4, -0.2) is 25.8 Å². The van der Waals surface area contributed by atoms with Gasteiger partial charge in [0.2, 0.25) is 5.88 Å². The van der Waals surface area contributed by atoms with Crippen LogP contribution in [-0.2, 0) is 0 Å². The van der Waals surface area contributed by atoms with E-state index in [1.165, 1.54) is 6.07 Å². The van der Waals surface area contributed by atoms with Crippen molar-refractivity contribution in [1.82, 2.24) is 19.7 Å². The molecule has 0 aliphatic carbocycles. The number of rotatable bonds is 5. The van der Waals surface area contributed by atoms with Crippen molar-refractivity contribution in [3.63, 3.8) is 0 Å². The van der Waals surface area contributed by atoms with Crippen molar-refractivity contribution >= 4 is 17.4 Å². The van der Waals surface area contributed by atoms with Crippen LogP contribution >= 0.6 is 0 Å². The van der Waals surface area contributed by atoms with E-state index in [4.69, 9.17) is 4.74 Å². The van der Waals surface area contributed by atoms with E-state index in [2.05, 4.69) is 25.8 Å². The molecule has 156 valence electrons. The molecule has 2 amide bonds. The molecule has 4 rings (SSSR count). The van der Waals surface area contributed by atoms with Crippen molar-refractivity contribution in [3.8, 4) is 17.4 Å². The SMILES string of the molecule is Cc1nccn1-c1ccc(Oc2ccc(NC(=O)Nc3c(F)cccc3F)cc2)nn1. The summed E-state index contributed by atoms with van der Waals surface area (Å²) in [5.41, 5.74) is -0.119. The fourth-order valence-corrected chi connectivity index (χ4v) is 2.74. The maximum absolute atomic E-state index is 13.6. The summed E-state index contributed by atoms with van der Waals surface area (Å²) < 4.78 is 34.7. The first kappa shape index (κ1) is 20.0. The van der Waals surface area contributed by atoms with E-state index in [1.54, 1.807) is 53.4 Å². The Bertz CT molecular complexity index is 1190. The first-order valence-electron chi connectivity index (χ1n) is 9.13. The minimum absolute atomic E-state index is 0.287. The fraction of sp³-hybridized carbons (Fsp3) is 0.0476. The molecule has 8 nitrogen and oxygen atoms in total. The average molecular weight is 422 g/mol. The normalized spacial score (nSPS) is 10.5. The zero-order chi connectivity index (χ0) is 21.8. The summed E-state index contributed by atoms with van der Waals surface area (Å²) in [6.07, 6.45) is 3.45. The zero-order valence-corrected chi connectivity index (χ0v) is 16.2. The molecule has 2 N–H and O–H groups in total. The molecule has 0 unspecified atom stereocenters. The van der Waals surface area contributed by atoms with Crippen molar-refractivity contribution in [3.05, 3.63) is 84.4 Å². The summed E-state index contributed by atoms with van der Waals surface area (Å²) >= 11 is 0. The van der Waals surface area contributed by atoms with Crippen molar-refractivity contribution in [2.45, 2.75) is 6.92 Å². The average Bonchev–Trinajstić information content (AvgIpc) is 3.19. The quantitative estimate of drug-likeness (QED) is 0.487. The van der Waals surface area contributed by atoms with Crippen LogP contribution in [0, 0.1) is 18.6 Å². The highest BCUT2D eigenvalue weighted by Gasteiger charge is 2.12. The molecular formula is C21H16F2N6O2. The van der Waals surface area contributed by atoms with Crippen LogP contribution in [0.25, 0.3) is 5.82 Å². The van der Waals surface area contributed by atoms with Crippen LogP contribution in [0.2, 0.25) is 0 Å². The van der Waals surface area contributed by atoms with Gasteiger partial charge in [-0.25, -0.2) is 18.6 Å². The monoisotopic (exact) mass is 422 g/mol. The van der Waals surface area contributed by atoms with Crippen LogP contribution < -0.4 is 15.4 Å². The number of carbonyl (C=O) groups is 1. The molecule has 0 fully saturated rings. The van der Waals surface area contributed by atoms with Crippen molar-refractivity contribution in [2.24, 2.45) is 0 Å². The lowest BCUT2D eigenvalue weighted by Gasteiger charge is -2.10. The third kappa shape index (κ3) is 4.64. The summed E-state index contributed by atoms with van der Waals surface area (Å²) in [5, 5.41) is 12.8. The smallest absolute Gasteiger partial charge is 0.323 e. The number of anilines is 2. The van der Waals surface area contributed by atoms with Gasteiger partial charge in [-0.05, 0) is 49.4 Å². The molecule has 0 atom stereocenters. The lowest BCUT2D eigenvalue weighted by molar-refractivity contribution is 0.262. The number of imidazole rings is 1. The third-order valence-corrected chi connectivity index (χ3v) is 4.23. The molecule has 2 heterocycles. The Morgan fingerprint density at radius 1 is 0.968 bits per heavy atom. The van der Waals surface area contributed by atoms with Crippen molar-refractivity contribution in [2.75, 3.05) is 10.6 Å². The standard InChI is InChI=1S/C21H16F2N6O2/c1-13-24-11-12-29(13)18-9-10-19(28-27-18)31-15-7-5-14(6-8-15)25-21(30)26-20-16(22)3-2-4-17(20)23/h2-12H,1H3,(H2,25,26,30). The van der Waals surface area contributed by atoms with E-state index in [1.807, 2.05) is 6.92 Å². The number of carbonyl (C=O) groups excluding carboxylic acids is 1. The highest BCUT2D eigenvalue weighted by atomic mass is 19.1. The Hall–Kier alpha value is -4.34. The predicted molar refractivity (Wildman–Crippen MR) is 109 cm³/mol. The summed E-state index contributed by atoms with van der Waals surface area (Å²) in [4.78, 5) is 16.1. The van der Waals surface area contributed by atoms with E-state index in [0.29, 0.717) is 17.3 Å². The lowest BCUT2D eigenvalue weighted by Crippen LogP contribution is -2.20. The molecule has 0 aliphatic rings. The topological polar surface area (TPSA) is 94.0 Å². The van der Waals surface area contributed by atoms with Gasteiger partial charge in [-0.15, -0.1) is 10.2 Å². The van der Waals surface area contributed by atoms with Gasteiger partial charge in [0, 0.05) is 24.1 Å². The summed E-state index contributed by atoms with van der Waals surface area (Å²) in [6, 6.07) is 12.3. The summed E-state index contributed by atoms with van der Waals surface area (Å²) in [7, 11) is 0. The van der Waals surface area contributed by atoms with Gasteiger partial charge in [0.25, 0.3) is 0 Å². The molecule has 0 aliphatic heterocycles. The van der Waals surface area contributed by atoms with Gasteiger partial charge in [0.1, 0.15) is 28.9 Å². The molecule has 0 saturated carbocycles. The largest absolute Gasteiger partial charge is 0.438 e. The predicted octanol–water partition coefficient (Wildman–Crippen LogP) is 4.69. The van der Waals surface area contributed by atoms with Crippen LogP contribution in [0.1, 0.15) is 5.82 Å². The van der Waals surface area contributed by atoms with Gasteiger partial charge in [0.15, 0.2) is 5.82 Å². The Labute approximate surface area is 175 Å². The van der Waals surface area contributed by atoms with Gasteiger partial charge in [-0.2, -0.15) is 0 Å². The molecular weight excluding hydrogens is 406 g/mol. The van der Waals surface area contributed by atoms with Crippen LogP contribution in [0.15, 0.2) is 67.0 Å². The summed E-state index contributed by atoms with van der Waals surface area (Å²) in [5.74, 6) is 0.414. The number of hydrogen-bond donors (Lipinski definition) is 2. The number of nitrogens with zero attached hydrogens (tertiary/aromatic N) is 4. The highest BCUT2D eigenvalue weighted by molar-refractivity contribution is 5.99. The first-order chi connectivity index (χ1) is 15.0. The molecule has 2 aromatic carbocycles. The highest BCUT2D eigenvalue weighted by Crippen LogP contribution is 2.22. The number of nitrogens with one attached hydrogen (secondary N) is 2. The van der Waals surface area contributed by atoms with Crippen LogP contribution in [0.5, 0.6) is 11.6 Å². The molecule has 31 heavy (non-hydrogen) atoms. The maximum atomic E-state index is 13.6. The van der Waals surface area contributed by atoms with E-state index in [0.717, 1.165) is 18.0 Å². The summed E-state index contributed by atoms with van der Waals surface area (Å²) in [6.45, 7) is 1.86. The number of halogens is 2. The van der Waals surface area contributed by atoms with Crippen molar-refractivity contribution < 1.29 is 18.3 Å². The first-order valence-corrected chi connectivity index (χ1v) is 9.13. The lowest BCUT2D eigenvalue weighted by atomic mass is 10.3. The van der Waals surface area contributed by atoms with E-state index in [9.17, 15) is 13.6 Å². The number of benzene rings is 2. The Morgan fingerprint density at radius 3 is 2.32 bits per heavy atom. The van der Waals surface area contributed by atoms with Gasteiger partial charge < -0.3 is 15.4 Å². The number of aromatic nitrogens is 4. The van der Waals surface area contributed by atoms with Gasteiger partial charge in [-0.1, -0.05) is 6.07 Å². The Balaban J connectivity index is 1.37. The Kier molecular flexibility index (Phi) is 5.52. The van der Waals surface area contributed by atoms with Gasteiger partial charge in [-0.3, -0.25) is 4.57 Å². The number of ether oxygens (including phenoxy) is 1. The second kappa shape index (κ2) is 8.57.